The van der Waals surface area contributed by atoms with E-state index in [0.29, 0.717) is 21.7 Å². The summed E-state index contributed by atoms with van der Waals surface area (Å²) in [5.41, 5.74) is 5.77. The summed E-state index contributed by atoms with van der Waals surface area (Å²) >= 11 is 1.30. The van der Waals surface area contributed by atoms with Gasteiger partial charge in [0.2, 0.25) is 0 Å². The Hall–Kier alpha value is -1.30. The zero-order chi connectivity index (χ0) is 16.2. The summed E-state index contributed by atoms with van der Waals surface area (Å²) in [5.74, 6) is 0.641. The highest BCUT2D eigenvalue weighted by Crippen LogP contribution is 2.27. The molecule has 1 aromatic heterocycles. The topological polar surface area (TPSA) is 80.0 Å². The maximum Gasteiger partial charge on any atom is 0.265 e. The highest BCUT2D eigenvalue weighted by atomic mass is 32.1. The van der Waals surface area contributed by atoms with Crippen LogP contribution >= 0.6 is 11.3 Å². The normalized spacial score (nSPS) is 13.3. The summed E-state index contributed by atoms with van der Waals surface area (Å²) in [6.07, 6.45) is 2.10. The molecule has 0 radical (unpaired) electrons. The van der Waals surface area contributed by atoms with Crippen LogP contribution in [0.4, 0.5) is 10.9 Å². The molecule has 1 aromatic rings. The molecule has 5 nitrogen and oxygen atoms in total. The molecule has 0 aliphatic heterocycles. The van der Waals surface area contributed by atoms with Crippen LogP contribution in [0.1, 0.15) is 64.1 Å². The quantitative estimate of drug-likeness (QED) is 0.751. The van der Waals surface area contributed by atoms with Crippen LogP contribution in [0.2, 0.25) is 0 Å². The maximum absolute atomic E-state index is 12.3. The number of hydrogen-bond donors (Lipinski definition) is 3. The van der Waals surface area contributed by atoms with Gasteiger partial charge in [-0.05, 0) is 33.6 Å². The lowest BCUT2D eigenvalue weighted by atomic mass is 9.95. The van der Waals surface area contributed by atoms with Gasteiger partial charge in [-0.3, -0.25) is 4.79 Å². The van der Waals surface area contributed by atoms with E-state index in [9.17, 15) is 4.79 Å². The molecule has 6 heteroatoms. The molecule has 0 fully saturated rings. The molecule has 0 bridgehead atoms. The molecule has 120 valence electrons. The third-order valence-corrected chi connectivity index (χ3v) is 4.44. The Morgan fingerprint density at radius 1 is 1.33 bits per heavy atom. The highest BCUT2D eigenvalue weighted by molar-refractivity contribution is 7.18. The van der Waals surface area contributed by atoms with Crippen LogP contribution in [0, 0.1) is 5.92 Å². The Bertz CT molecular complexity index is 475. The van der Waals surface area contributed by atoms with Gasteiger partial charge in [-0.15, -0.1) is 0 Å². The van der Waals surface area contributed by atoms with E-state index in [2.05, 4.69) is 29.5 Å². The van der Waals surface area contributed by atoms with E-state index >= 15 is 0 Å². The summed E-state index contributed by atoms with van der Waals surface area (Å²) in [6, 6.07) is 0.132. The van der Waals surface area contributed by atoms with E-state index in [4.69, 9.17) is 5.73 Å². The lowest BCUT2D eigenvalue weighted by Gasteiger charge is -2.22. The molecule has 1 atom stereocenters. The highest BCUT2D eigenvalue weighted by Gasteiger charge is 2.22. The van der Waals surface area contributed by atoms with Crippen LogP contribution < -0.4 is 16.4 Å². The minimum Gasteiger partial charge on any atom is -0.382 e. The van der Waals surface area contributed by atoms with E-state index < -0.39 is 0 Å². The minimum absolute atomic E-state index is 0.110. The van der Waals surface area contributed by atoms with Crippen molar-refractivity contribution in [2.45, 2.75) is 66.0 Å². The number of nitrogens with two attached hydrogens (primary N) is 1. The molecule has 21 heavy (non-hydrogen) atoms. The van der Waals surface area contributed by atoms with Crippen molar-refractivity contribution in [2.24, 2.45) is 5.92 Å². The van der Waals surface area contributed by atoms with Crippen molar-refractivity contribution < 1.29 is 4.79 Å². The third kappa shape index (κ3) is 5.19. The fraction of sp³-hybridized carbons (Fsp3) is 0.733. The fourth-order valence-electron chi connectivity index (χ4n) is 2.25. The lowest BCUT2D eigenvalue weighted by molar-refractivity contribution is 0.0930. The van der Waals surface area contributed by atoms with Crippen molar-refractivity contribution in [1.82, 2.24) is 10.3 Å². The number of carbonyl (C=O) groups excluding carboxylic acids is 1. The summed E-state index contributed by atoms with van der Waals surface area (Å²) in [4.78, 5) is 17.1. The second-order valence-corrected chi connectivity index (χ2v) is 7.45. The second kappa shape index (κ2) is 7.11. The molecule has 1 unspecified atom stereocenters. The van der Waals surface area contributed by atoms with Gasteiger partial charge in [0.15, 0.2) is 5.13 Å². The van der Waals surface area contributed by atoms with Gasteiger partial charge >= 0.3 is 0 Å². The van der Waals surface area contributed by atoms with E-state index in [-0.39, 0.29) is 17.5 Å². The molecule has 1 amide bonds. The predicted molar refractivity (Wildman–Crippen MR) is 90.9 cm³/mol. The van der Waals surface area contributed by atoms with Gasteiger partial charge in [-0.1, -0.05) is 38.0 Å². The first-order valence-corrected chi connectivity index (χ1v) is 8.34. The van der Waals surface area contributed by atoms with Crippen molar-refractivity contribution in [3.05, 3.63) is 4.88 Å². The number of nitrogens with one attached hydrogen (secondary N) is 2. The molecule has 0 saturated heterocycles. The van der Waals surface area contributed by atoms with Crippen LogP contribution in [0.3, 0.4) is 0 Å². The minimum atomic E-state index is -0.133. The molecule has 1 rings (SSSR count). The molecule has 0 spiro atoms. The van der Waals surface area contributed by atoms with Gasteiger partial charge in [0.25, 0.3) is 5.91 Å². The summed E-state index contributed by atoms with van der Waals surface area (Å²) in [7, 11) is 0. The van der Waals surface area contributed by atoms with Crippen molar-refractivity contribution in [1.29, 1.82) is 0 Å². The number of hydrogen-bond acceptors (Lipinski definition) is 5. The number of nitrogens with zero attached hydrogens (tertiary/aromatic N) is 1. The molecular weight excluding hydrogens is 284 g/mol. The standard InChI is InChI=1S/C15H28N4OS/c1-7-10(8-2)9(3)17-13(20)11-12(16)18-14(21-11)19-15(4,5)6/h9-10H,7-8,16H2,1-6H3,(H,17,20)(H,18,19). The fourth-order valence-corrected chi connectivity index (χ4v) is 3.25. The monoisotopic (exact) mass is 312 g/mol. The van der Waals surface area contributed by atoms with E-state index in [1.807, 2.05) is 27.7 Å². The molecule has 0 saturated carbocycles. The van der Waals surface area contributed by atoms with Crippen molar-refractivity contribution >= 4 is 28.2 Å². The van der Waals surface area contributed by atoms with Crippen molar-refractivity contribution in [3.8, 4) is 0 Å². The first kappa shape index (κ1) is 17.8. The number of carbonyl (C=O) groups is 1. The average Bonchev–Trinajstić information content (AvgIpc) is 2.69. The van der Waals surface area contributed by atoms with Crippen LogP contribution in [-0.2, 0) is 0 Å². The van der Waals surface area contributed by atoms with Gasteiger partial charge in [-0.25, -0.2) is 4.98 Å². The Labute approximate surface area is 131 Å². The zero-order valence-corrected chi connectivity index (χ0v) is 14.7. The number of rotatable bonds is 6. The summed E-state index contributed by atoms with van der Waals surface area (Å²) < 4.78 is 0. The molecule has 0 aromatic carbocycles. The number of anilines is 2. The predicted octanol–water partition coefficient (Wildman–Crippen LogP) is 3.49. The van der Waals surface area contributed by atoms with Crippen molar-refractivity contribution in [3.63, 3.8) is 0 Å². The van der Waals surface area contributed by atoms with Crippen molar-refractivity contribution in [2.75, 3.05) is 11.1 Å². The second-order valence-electron chi connectivity index (χ2n) is 6.45. The van der Waals surface area contributed by atoms with Crippen LogP contribution in [0.15, 0.2) is 0 Å². The van der Waals surface area contributed by atoms with Gasteiger partial charge in [-0.2, -0.15) is 0 Å². The molecule has 4 N–H and O–H groups in total. The maximum atomic E-state index is 12.3. The third-order valence-electron chi connectivity index (χ3n) is 3.46. The number of nitrogen functional groups attached to an aromatic ring is 1. The van der Waals surface area contributed by atoms with E-state index in [1.165, 1.54) is 11.3 Å². The molecule has 1 heterocycles. The zero-order valence-electron chi connectivity index (χ0n) is 13.9. The van der Waals surface area contributed by atoms with Gasteiger partial charge in [0.05, 0.1) is 0 Å². The first-order chi connectivity index (χ1) is 9.67. The van der Waals surface area contributed by atoms with E-state index in [1.54, 1.807) is 0 Å². The summed E-state index contributed by atoms with van der Waals surface area (Å²) in [5, 5.41) is 6.96. The van der Waals surface area contributed by atoms with Crippen LogP contribution in [0.25, 0.3) is 0 Å². The van der Waals surface area contributed by atoms with Gasteiger partial charge < -0.3 is 16.4 Å². The largest absolute Gasteiger partial charge is 0.382 e. The number of amides is 1. The smallest absolute Gasteiger partial charge is 0.265 e. The SMILES string of the molecule is CCC(CC)C(C)NC(=O)c1sc(NC(C)(C)C)nc1N. The average molecular weight is 312 g/mol. The summed E-state index contributed by atoms with van der Waals surface area (Å²) in [6.45, 7) is 12.5. The lowest BCUT2D eigenvalue weighted by Crippen LogP contribution is -2.37. The first-order valence-electron chi connectivity index (χ1n) is 7.53. The van der Waals surface area contributed by atoms with Gasteiger partial charge in [0.1, 0.15) is 10.7 Å². The Morgan fingerprint density at radius 2 is 1.90 bits per heavy atom. The Morgan fingerprint density at radius 3 is 2.38 bits per heavy atom. The van der Waals surface area contributed by atoms with Gasteiger partial charge in [0, 0.05) is 11.6 Å². The van der Waals surface area contributed by atoms with E-state index in [0.717, 1.165) is 12.8 Å². The molecular formula is C15H28N4OS. The Kier molecular flexibility index (Phi) is 6.01. The van der Waals surface area contributed by atoms with Crippen LogP contribution in [0.5, 0.6) is 0 Å². The molecule has 0 aliphatic rings. The number of aromatic nitrogens is 1. The Balaban J connectivity index is 2.79. The van der Waals surface area contributed by atoms with Crippen LogP contribution in [-0.4, -0.2) is 22.5 Å². The molecule has 0 aliphatic carbocycles. The number of thiazole rings is 1.